The van der Waals surface area contributed by atoms with Crippen LogP contribution in [-0.4, -0.2) is 42.9 Å². The number of alkyl halides is 1. The van der Waals surface area contributed by atoms with Crippen molar-refractivity contribution in [2.45, 2.75) is 23.4 Å². The average Bonchev–Trinajstić information content (AvgIpc) is 3.00. The molecule has 0 saturated carbocycles. The van der Waals surface area contributed by atoms with Crippen LogP contribution in [0.3, 0.4) is 0 Å². The number of aryl methyl sites for hydroxylation is 1. The maximum absolute atomic E-state index is 11.1. The van der Waals surface area contributed by atoms with Crippen LogP contribution in [-0.2, 0) is 0 Å². The molecule has 0 radical (unpaired) electrons. The van der Waals surface area contributed by atoms with Gasteiger partial charge in [-0.3, -0.25) is 0 Å². The molecule has 3 N–H and O–H groups in total. The number of carboxylic acid groups (broad SMARTS) is 1. The van der Waals surface area contributed by atoms with Gasteiger partial charge in [0.05, 0.1) is 17.1 Å². The molecule has 8 heteroatoms. The molecule has 2 heterocycles. The third-order valence-corrected chi connectivity index (χ3v) is 6.41. The molecule has 1 fully saturated rings. The van der Waals surface area contributed by atoms with Gasteiger partial charge >= 0.3 is 6.09 Å². The predicted molar refractivity (Wildman–Crippen MR) is 116 cm³/mol. The minimum Gasteiger partial charge on any atom is -0.507 e. The predicted octanol–water partition coefficient (Wildman–Crippen LogP) is 3.92. The molecule has 7 nitrogen and oxygen atoms in total. The van der Waals surface area contributed by atoms with Gasteiger partial charge < -0.3 is 20.4 Å². The van der Waals surface area contributed by atoms with E-state index in [1.807, 2.05) is 31.2 Å². The first-order valence-electron chi connectivity index (χ1n) is 8.91. The molecular formula is C20H19IN4O3. The SMILES string of the molecule is Cc1ccc2c(N3CCC(NC(=O)O)C3I)nc(-c3ccccc3O)nc2c1. The van der Waals surface area contributed by atoms with Gasteiger partial charge in [-0.25, -0.2) is 14.8 Å². The van der Waals surface area contributed by atoms with Crippen LogP contribution < -0.4 is 10.2 Å². The number of benzene rings is 2. The third-order valence-electron chi connectivity index (χ3n) is 4.87. The molecule has 2 atom stereocenters. The fraction of sp³-hybridized carbons (Fsp3) is 0.250. The largest absolute Gasteiger partial charge is 0.507 e. The summed E-state index contributed by atoms with van der Waals surface area (Å²) in [6.07, 6.45) is -0.324. The van der Waals surface area contributed by atoms with E-state index < -0.39 is 6.09 Å². The second-order valence-corrected chi connectivity index (χ2v) is 8.10. The van der Waals surface area contributed by atoms with E-state index in [2.05, 4.69) is 37.8 Å². The lowest BCUT2D eigenvalue weighted by atomic mass is 10.1. The summed E-state index contributed by atoms with van der Waals surface area (Å²) in [7, 11) is 0. The molecule has 0 aliphatic carbocycles. The summed E-state index contributed by atoms with van der Waals surface area (Å²) in [5.74, 6) is 1.32. The standard InChI is InChI=1S/C20H19IN4O3/c1-11-6-7-12-15(10-11)22-18(13-4-2-3-5-16(13)26)24-19(12)25-9-8-14(17(25)21)23-20(27)28/h2-7,10,14,17,23,26H,8-9H2,1H3,(H,27,28). The second kappa shape index (κ2) is 7.42. The normalized spacial score (nSPS) is 19.1. The highest BCUT2D eigenvalue weighted by Crippen LogP contribution is 2.36. The molecule has 1 aromatic heterocycles. The summed E-state index contributed by atoms with van der Waals surface area (Å²) in [6, 6.07) is 12.8. The molecule has 0 spiro atoms. The Bertz CT molecular complexity index is 1060. The molecule has 2 unspecified atom stereocenters. The van der Waals surface area contributed by atoms with Crippen molar-refractivity contribution in [1.82, 2.24) is 15.3 Å². The summed E-state index contributed by atoms with van der Waals surface area (Å²) in [5, 5.41) is 22.9. The number of hydrogen-bond acceptors (Lipinski definition) is 5. The summed E-state index contributed by atoms with van der Waals surface area (Å²) in [5.41, 5.74) is 2.44. The Morgan fingerprint density at radius 2 is 2.04 bits per heavy atom. The van der Waals surface area contributed by atoms with Crippen molar-refractivity contribution in [2.24, 2.45) is 0 Å². The van der Waals surface area contributed by atoms with E-state index in [1.165, 1.54) is 0 Å². The van der Waals surface area contributed by atoms with E-state index >= 15 is 0 Å². The van der Waals surface area contributed by atoms with Gasteiger partial charge in [-0.05, 0) is 43.2 Å². The number of aromatic hydroxyl groups is 1. The van der Waals surface area contributed by atoms with Crippen LogP contribution >= 0.6 is 22.6 Å². The van der Waals surface area contributed by atoms with Crippen molar-refractivity contribution in [3.8, 4) is 17.1 Å². The Morgan fingerprint density at radius 1 is 1.25 bits per heavy atom. The molecule has 1 saturated heterocycles. The Hall–Kier alpha value is -2.62. The number of halogens is 1. The third kappa shape index (κ3) is 3.44. The minimum absolute atomic E-state index is 0.0784. The molecule has 1 aliphatic rings. The van der Waals surface area contributed by atoms with Crippen LogP contribution in [0.15, 0.2) is 42.5 Å². The van der Waals surface area contributed by atoms with Gasteiger partial charge in [-0.1, -0.05) is 40.8 Å². The van der Waals surface area contributed by atoms with Gasteiger partial charge in [0.25, 0.3) is 0 Å². The smallest absolute Gasteiger partial charge is 0.404 e. The quantitative estimate of drug-likeness (QED) is 0.293. The molecule has 1 amide bonds. The zero-order valence-electron chi connectivity index (χ0n) is 15.1. The number of carbonyl (C=O) groups is 1. The van der Waals surface area contributed by atoms with Crippen LogP contribution in [0.2, 0.25) is 0 Å². The van der Waals surface area contributed by atoms with E-state index in [-0.39, 0.29) is 15.8 Å². The molecule has 2 aromatic carbocycles. The fourth-order valence-corrected chi connectivity index (χ4v) is 4.59. The number of nitrogens with one attached hydrogen (secondary N) is 1. The number of amides is 1. The highest BCUT2D eigenvalue weighted by atomic mass is 127. The minimum atomic E-state index is -1.02. The van der Waals surface area contributed by atoms with E-state index in [0.717, 1.165) is 22.3 Å². The van der Waals surface area contributed by atoms with Gasteiger partial charge in [-0.15, -0.1) is 0 Å². The molecule has 144 valence electrons. The van der Waals surface area contributed by atoms with Crippen LogP contribution in [0.1, 0.15) is 12.0 Å². The number of rotatable bonds is 3. The van der Waals surface area contributed by atoms with Crippen molar-refractivity contribution >= 4 is 45.4 Å². The maximum atomic E-state index is 11.1. The number of phenols is 1. The van der Waals surface area contributed by atoms with Crippen molar-refractivity contribution in [3.05, 3.63) is 48.0 Å². The van der Waals surface area contributed by atoms with Gasteiger partial charge in [0.2, 0.25) is 0 Å². The van der Waals surface area contributed by atoms with E-state index in [0.29, 0.717) is 24.4 Å². The molecule has 3 aromatic rings. The van der Waals surface area contributed by atoms with E-state index in [9.17, 15) is 9.90 Å². The number of hydrogen-bond donors (Lipinski definition) is 3. The zero-order valence-corrected chi connectivity index (χ0v) is 17.3. The van der Waals surface area contributed by atoms with Crippen molar-refractivity contribution < 1.29 is 15.0 Å². The maximum Gasteiger partial charge on any atom is 0.404 e. The molecular weight excluding hydrogens is 471 g/mol. The highest BCUT2D eigenvalue weighted by molar-refractivity contribution is 14.1. The Labute approximate surface area is 175 Å². The van der Waals surface area contributed by atoms with Gasteiger partial charge in [0, 0.05) is 11.9 Å². The Balaban J connectivity index is 1.85. The molecule has 1 aliphatic heterocycles. The van der Waals surface area contributed by atoms with Gasteiger partial charge in [0.15, 0.2) is 5.82 Å². The number of nitrogens with zero attached hydrogens (tertiary/aromatic N) is 3. The van der Waals surface area contributed by atoms with Crippen molar-refractivity contribution in [2.75, 3.05) is 11.4 Å². The van der Waals surface area contributed by atoms with Gasteiger partial charge in [0.1, 0.15) is 15.6 Å². The van der Waals surface area contributed by atoms with E-state index in [1.54, 1.807) is 18.2 Å². The first-order chi connectivity index (χ1) is 13.4. The lowest BCUT2D eigenvalue weighted by Crippen LogP contribution is -2.41. The Morgan fingerprint density at radius 3 is 2.79 bits per heavy atom. The second-order valence-electron chi connectivity index (χ2n) is 6.82. The average molecular weight is 490 g/mol. The Kier molecular flexibility index (Phi) is 4.96. The highest BCUT2D eigenvalue weighted by Gasteiger charge is 2.35. The number of para-hydroxylation sites is 1. The fourth-order valence-electron chi connectivity index (χ4n) is 3.50. The summed E-state index contributed by atoms with van der Waals surface area (Å²) in [6.45, 7) is 2.68. The lowest BCUT2D eigenvalue weighted by Gasteiger charge is -2.25. The number of fused-ring (bicyclic) bond motifs is 1. The number of aromatic nitrogens is 2. The monoisotopic (exact) mass is 490 g/mol. The van der Waals surface area contributed by atoms with Crippen LogP contribution in [0.4, 0.5) is 10.6 Å². The summed E-state index contributed by atoms with van der Waals surface area (Å²) < 4.78 is -0.0784. The van der Waals surface area contributed by atoms with Crippen LogP contribution in [0.25, 0.3) is 22.3 Å². The molecule has 0 bridgehead atoms. The zero-order chi connectivity index (χ0) is 19.8. The topological polar surface area (TPSA) is 98.6 Å². The first kappa shape index (κ1) is 18.7. The molecule has 4 rings (SSSR count). The van der Waals surface area contributed by atoms with Crippen molar-refractivity contribution in [1.29, 1.82) is 0 Å². The van der Waals surface area contributed by atoms with Gasteiger partial charge in [-0.2, -0.15) is 0 Å². The number of anilines is 1. The summed E-state index contributed by atoms with van der Waals surface area (Å²) in [4.78, 5) is 22.6. The lowest BCUT2D eigenvalue weighted by molar-refractivity contribution is 0.190. The van der Waals surface area contributed by atoms with Crippen molar-refractivity contribution in [3.63, 3.8) is 0 Å². The summed E-state index contributed by atoms with van der Waals surface area (Å²) >= 11 is 2.26. The van der Waals surface area contributed by atoms with Crippen LogP contribution in [0.5, 0.6) is 5.75 Å². The van der Waals surface area contributed by atoms with E-state index in [4.69, 9.17) is 10.1 Å². The van der Waals surface area contributed by atoms with Crippen LogP contribution in [0, 0.1) is 6.92 Å². The first-order valence-corrected chi connectivity index (χ1v) is 10.2. The number of phenolic OH excluding ortho intramolecular Hbond substituents is 1. The molecule has 28 heavy (non-hydrogen) atoms.